The normalized spacial score (nSPS) is 17.6. The topological polar surface area (TPSA) is 100 Å². The lowest BCUT2D eigenvalue weighted by Gasteiger charge is -2.23. The van der Waals surface area contributed by atoms with E-state index < -0.39 is 35.9 Å². The molecule has 172 valence electrons. The van der Waals surface area contributed by atoms with Crippen molar-refractivity contribution < 1.29 is 23.4 Å². The van der Waals surface area contributed by atoms with Gasteiger partial charge in [0.2, 0.25) is 5.95 Å². The van der Waals surface area contributed by atoms with Crippen LogP contribution in [0.1, 0.15) is 31.1 Å². The van der Waals surface area contributed by atoms with Crippen LogP contribution in [0.2, 0.25) is 0 Å². The number of carbonyl (C=O) groups excluding carboxylic acids is 1. The summed E-state index contributed by atoms with van der Waals surface area (Å²) >= 11 is 0. The molecule has 1 aliphatic heterocycles. The number of aliphatic hydroxyl groups is 1. The number of anilines is 2. The summed E-state index contributed by atoms with van der Waals surface area (Å²) in [5.41, 5.74) is 1.47. The van der Waals surface area contributed by atoms with E-state index in [2.05, 4.69) is 20.3 Å². The lowest BCUT2D eigenvalue weighted by molar-refractivity contribution is 0.142. The zero-order valence-electron chi connectivity index (χ0n) is 18.3. The minimum Gasteiger partial charge on any atom is -0.447 e. The number of hydrogen-bond acceptors (Lipinski definition) is 7. The van der Waals surface area contributed by atoms with Crippen LogP contribution in [0.15, 0.2) is 42.7 Å². The quantitative estimate of drug-likeness (QED) is 0.579. The van der Waals surface area contributed by atoms with Gasteiger partial charge in [0.1, 0.15) is 30.1 Å². The Hall–Kier alpha value is -3.66. The number of carbonyl (C=O) groups is 1. The van der Waals surface area contributed by atoms with Crippen molar-refractivity contribution in [2.45, 2.75) is 39.0 Å². The molecule has 10 heteroatoms. The summed E-state index contributed by atoms with van der Waals surface area (Å²) in [6.45, 7) is 5.01. The molecule has 2 unspecified atom stereocenters. The Kier molecular flexibility index (Phi) is 6.19. The van der Waals surface area contributed by atoms with Gasteiger partial charge < -0.3 is 15.2 Å². The predicted octanol–water partition coefficient (Wildman–Crippen LogP) is 4.00. The molecule has 2 aromatic heterocycles. The zero-order valence-corrected chi connectivity index (χ0v) is 18.3. The average molecular weight is 455 g/mol. The van der Waals surface area contributed by atoms with Gasteiger partial charge in [-0.1, -0.05) is 0 Å². The highest BCUT2D eigenvalue weighted by Crippen LogP contribution is 2.30. The third-order valence-electron chi connectivity index (χ3n) is 5.46. The highest BCUT2D eigenvalue weighted by Gasteiger charge is 2.38. The first-order chi connectivity index (χ1) is 15.7. The standard InChI is InChI=1S/C23H23F2N5O3/c1-12-8-15(4-6-26-12)17-10-18(24)16(9-19(17)25)13(2)28-22-27-7-5-21(29-22)30-20(14(3)31)11-33-23(30)32/h4-10,13-14,20,31H,11H2,1-3H3,(H,27,28,29)/t13-,14?,20?/m0/s1. The number of pyridine rings is 1. The first kappa shape index (κ1) is 22.5. The molecule has 8 nitrogen and oxygen atoms in total. The van der Waals surface area contributed by atoms with Crippen LogP contribution in [-0.2, 0) is 4.74 Å². The fraction of sp³-hybridized carbons (Fsp3) is 0.304. The number of aryl methyl sites for hydroxylation is 1. The summed E-state index contributed by atoms with van der Waals surface area (Å²) in [7, 11) is 0. The van der Waals surface area contributed by atoms with Crippen molar-refractivity contribution in [3.8, 4) is 11.1 Å². The number of ether oxygens (including phenoxy) is 1. The number of amides is 1. The minimum atomic E-state index is -0.832. The van der Waals surface area contributed by atoms with E-state index in [9.17, 15) is 18.7 Å². The fourth-order valence-electron chi connectivity index (χ4n) is 3.71. The lowest BCUT2D eigenvalue weighted by Crippen LogP contribution is -2.41. The van der Waals surface area contributed by atoms with Gasteiger partial charge in [0.25, 0.3) is 0 Å². The van der Waals surface area contributed by atoms with Gasteiger partial charge in [0.15, 0.2) is 0 Å². The molecule has 3 aromatic rings. The SMILES string of the molecule is Cc1cc(-c2cc(F)c([C@H](C)Nc3nccc(N4C(=O)OCC4C(C)O)n3)cc2F)ccn1. The van der Waals surface area contributed by atoms with Crippen molar-refractivity contribution in [2.75, 3.05) is 16.8 Å². The molecule has 0 saturated carbocycles. The summed E-state index contributed by atoms with van der Waals surface area (Å²) in [5.74, 6) is -0.824. The van der Waals surface area contributed by atoms with Gasteiger partial charge in [0, 0.05) is 29.2 Å². The van der Waals surface area contributed by atoms with E-state index in [-0.39, 0.29) is 29.5 Å². The summed E-state index contributed by atoms with van der Waals surface area (Å²) in [6.07, 6.45) is 1.51. The molecule has 1 amide bonds. The highest BCUT2D eigenvalue weighted by molar-refractivity contribution is 5.89. The number of aliphatic hydroxyl groups excluding tert-OH is 1. The monoisotopic (exact) mass is 455 g/mol. The van der Waals surface area contributed by atoms with Gasteiger partial charge in [-0.3, -0.25) is 9.88 Å². The number of benzene rings is 1. The van der Waals surface area contributed by atoms with Gasteiger partial charge in [0.05, 0.1) is 12.1 Å². The molecule has 0 aliphatic carbocycles. The van der Waals surface area contributed by atoms with Crippen LogP contribution in [0.25, 0.3) is 11.1 Å². The second-order valence-corrected chi connectivity index (χ2v) is 7.90. The molecule has 0 spiro atoms. The lowest BCUT2D eigenvalue weighted by atomic mass is 10.00. The van der Waals surface area contributed by atoms with Crippen LogP contribution in [-0.4, -0.2) is 44.9 Å². The van der Waals surface area contributed by atoms with Gasteiger partial charge in [-0.2, -0.15) is 4.98 Å². The van der Waals surface area contributed by atoms with Gasteiger partial charge >= 0.3 is 6.09 Å². The molecule has 3 atom stereocenters. The number of rotatable bonds is 6. The van der Waals surface area contributed by atoms with Crippen molar-refractivity contribution >= 4 is 17.9 Å². The fourth-order valence-corrected chi connectivity index (χ4v) is 3.71. The first-order valence-electron chi connectivity index (χ1n) is 10.4. The Bertz CT molecular complexity index is 1190. The molecular formula is C23H23F2N5O3. The summed E-state index contributed by atoms with van der Waals surface area (Å²) in [6, 6.07) is 5.84. The smallest absolute Gasteiger partial charge is 0.416 e. The molecule has 1 aromatic carbocycles. The molecule has 2 N–H and O–H groups in total. The summed E-state index contributed by atoms with van der Waals surface area (Å²) in [5, 5.41) is 12.9. The van der Waals surface area contributed by atoms with Gasteiger partial charge in [-0.25, -0.2) is 18.6 Å². The Labute approximate surface area is 189 Å². The van der Waals surface area contributed by atoms with Crippen LogP contribution in [0.4, 0.5) is 25.3 Å². The number of nitrogens with zero attached hydrogens (tertiary/aromatic N) is 4. The number of nitrogens with one attached hydrogen (secondary N) is 1. The Morgan fingerprint density at radius 3 is 2.64 bits per heavy atom. The minimum absolute atomic E-state index is 0.0352. The maximum atomic E-state index is 14.9. The van der Waals surface area contributed by atoms with E-state index >= 15 is 0 Å². The van der Waals surface area contributed by atoms with Crippen molar-refractivity contribution in [1.82, 2.24) is 15.0 Å². The molecule has 1 fully saturated rings. The number of aromatic nitrogens is 3. The Morgan fingerprint density at radius 1 is 1.15 bits per heavy atom. The van der Waals surface area contributed by atoms with Crippen LogP contribution in [0, 0.1) is 18.6 Å². The average Bonchev–Trinajstić information content (AvgIpc) is 3.17. The second-order valence-electron chi connectivity index (χ2n) is 7.90. The van der Waals surface area contributed by atoms with E-state index in [1.165, 1.54) is 17.2 Å². The summed E-state index contributed by atoms with van der Waals surface area (Å²) in [4.78, 5) is 25.8. The van der Waals surface area contributed by atoms with Crippen LogP contribution in [0.5, 0.6) is 0 Å². The number of halogens is 2. The Morgan fingerprint density at radius 2 is 1.91 bits per heavy atom. The maximum absolute atomic E-state index is 14.9. The van der Waals surface area contributed by atoms with Crippen LogP contribution >= 0.6 is 0 Å². The van der Waals surface area contributed by atoms with Gasteiger partial charge in [-0.15, -0.1) is 0 Å². The van der Waals surface area contributed by atoms with E-state index in [0.717, 1.165) is 12.1 Å². The third-order valence-corrected chi connectivity index (χ3v) is 5.46. The van der Waals surface area contributed by atoms with Crippen molar-refractivity contribution in [1.29, 1.82) is 0 Å². The second kappa shape index (κ2) is 9.07. The molecule has 1 saturated heterocycles. The van der Waals surface area contributed by atoms with Crippen LogP contribution in [0.3, 0.4) is 0 Å². The van der Waals surface area contributed by atoms with Crippen molar-refractivity contribution in [3.63, 3.8) is 0 Å². The molecule has 3 heterocycles. The zero-order chi connectivity index (χ0) is 23.7. The number of hydrogen-bond donors (Lipinski definition) is 2. The van der Waals surface area contributed by atoms with Crippen molar-refractivity contribution in [3.05, 3.63) is 65.6 Å². The van der Waals surface area contributed by atoms with Gasteiger partial charge in [-0.05, 0) is 56.7 Å². The first-order valence-corrected chi connectivity index (χ1v) is 10.4. The molecule has 1 aliphatic rings. The molecule has 4 rings (SSSR count). The summed E-state index contributed by atoms with van der Waals surface area (Å²) < 4.78 is 34.8. The molecular weight excluding hydrogens is 432 g/mol. The molecule has 0 bridgehead atoms. The van der Waals surface area contributed by atoms with E-state index in [1.54, 1.807) is 39.1 Å². The predicted molar refractivity (Wildman–Crippen MR) is 118 cm³/mol. The van der Waals surface area contributed by atoms with E-state index in [0.29, 0.717) is 11.3 Å². The van der Waals surface area contributed by atoms with Crippen LogP contribution < -0.4 is 10.2 Å². The number of cyclic esters (lactones) is 1. The Balaban J connectivity index is 1.58. The third kappa shape index (κ3) is 4.61. The molecule has 0 radical (unpaired) electrons. The highest BCUT2D eigenvalue weighted by atomic mass is 19.1. The maximum Gasteiger partial charge on any atom is 0.416 e. The van der Waals surface area contributed by atoms with Crippen molar-refractivity contribution in [2.24, 2.45) is 0 Å². The largest absolute Gasteiger partial charge is 0.447 e. The van der Waals surface area contributed by atoms with E-state index in [1.807, 2.05) is 0 Å². The molecule has 33 heavy (non-hydrogen) atoms. The van der Waals surface area contributed by atoms with E-state index in [4.69, 9.17) is 4.74 Å².